The maximum atomic E-state index is 12.1. The fraction of sp³-hybridized carbons (Fsp3) is 0.250. The second kappa shape index (κ2) is 6.15. The van der Waals surface area contributed by atoms with Crippen molar-refractivity contribution in [3.63, 3.8) is 0 Å². The second-order valence-corrected chi connectivity index (χ2v) is 4.60. The molecule has 7 heteroatoms. The Balaban J connectivity index is 0.00000196. The summed E-state index contributed by atoms with van der Waals surface area (Å²) < 4.78 is 32.4. The van der Waals surface area contributed by atoms with E-state index in [1.165, 1.54) is 0 Å². The Labute approximate surface area is 99.3 Å². The van der Waals surface area contributed by atoms with Crippen molar-refractivity contribution in [1.29, 1.82) is 0 Å². The molecule has 0 bridgehead atoms. The SMILES string of the molecule is O=S(=O)(F)CCNc1ccc(Cl)cc1.[Cl-]. The molecule has 0 unspecified atom stereocenters. The van der Waals surface area contributed by atoms with Gasteiger partial charge in [0, 0.05) is 17.3 Å². The van der Waals surface area contributed by atoms with Crippen LogP contribution in [0, 0.1) is 0 Å². The van der Waals surface area contributed by atoms with Gasteiger partial charge in [0.1, 0.15) is 0 Å². The fourth-order valence-electron chi connectivity index (χ4n) is 0.885. The van der Waals surface area contributed by atoms with Crippen molar-refractivity contribution >= 4 is 27.5 Å². The molecule has 0 aliphatic carbocycles. The van der Waals surface area contributed by atoms with Crippen molar-refractivity contribution in [2.45, 2.75) is 0 Å². The van der Waals surface area contributed by atoms with Crippen molar-refractivity contribution in [2.75, 3.05) is 17.6 Å². The number of nitrogens with one attached hydrogen (secondary N) is 1. The van der Waals surface area contributed by atoms with E-state index in [0.29, 0.717) is 10.7 Å². The van der Waals surface area contributed by atoms with E-state index < -0.39 is 16.0 Å². The van der Waals surface area contributed by atoms with Gasteiger partial charge in [0.05, 0.1) is 5.75 Å². The lowest BCUT2D eigenvalue weighted by atomic mass is 10.3. The first-order valence-corrected chi connectivity index (χ1v) is 5.82. The van der Waals surface area contributed by atoms with Gasteiger partial charge in [-0.05, 0) is 24.3 Å². The first kappa shape index (κ1) is 14.5. The van der Waals surface area contributed by atoms with Gasteiger partial charge in [-0.2, -0.15) is 8.42 Å². The van der Waals surface area contributed by atoms with E-state index in [1.807, 2.05) is 0 Å². The number of hydrogen-bond acceptors (Lipinski definition) is 3. The number of rotatable bonds is 4. The van der Waals surface area contributed by atoms with Crippen LogP contribution >= 0.6 is 11.6 Å². The lowest BCUT2D eigenvalue weighted by Crippen LogP contribution is -3.00. The average Bonchev–Trinajstić information content (AvgIpc) is 2.06. The quantitative estimate of drug-likeness (QED) is 0.720. The summed E-state index contributed by atoms with van der Waals surface area (Å²) >= 11 is 5.63. The van der Waals surface area contributed by atoms with Gasteiger partial charge in [-0.15, -0.1) is 3.89 Å². The van der Waals surface area contributed by atoms with Crippen LogP contribution in [0.4, 0.5) is 9.57 Å². The summed E-state index contributed by atoms with van der Waals surface area (Å²) in [5.41, 5.74) is 0.707. The van der Waals surface area contributed by atoms with Crippen LogP contribution in [0.15, 0.2) is 24.3 Å². The predicted octanol–water partition coefficient (Wildman–Crippen LogP) is -0.945. The largest absolute Gasteiger partial charge is 1.00 e. The lowest BCUT2D eigenvalue weighted by molar-refractivity contribution is -0.00000627. The second-order valence-electron chi connectivity index (χ2n) is 2.68. The van der Waals surface area contributed by atoms with E-state index in [4.69, 9.17) is 11.6 Å². The molecule has 0 amide bonds. The Morgan fingerprint density at radius 1 is 1.27 bits per heavy atom. The molecule has 0 radical (unpaired) electrons. The maximum Gasteiger partial charge on any atom is 0.304 e. The predicted molar refractivity (Wildman–Crippen MR) is 54.8 cm³/mol. The lowest BCUT2D eigenvalue weighted by Gasteiger charge is -2.03. The van der Waals surface area contributed by atoms with Crippen LogP contribution in [-0.4, -0.2) is 20.7 Å². The number of hydrogen-bond donors (Lipinski definition) is 1. The third-order valence-corrected chi connectivity index (χ3v) is 2.46. The van der Waals surface area contributed by atoms with E-state index in [1.54, 1.807) is 24.3 Å². The van der Waals surface area contributed by atoms with E-state index >= 15 is 0 Å². The zero-order valence-electron chi connectivity index (χ0n) is 7.58. The van der Waals surface area contributed by atoms with Crippen LogP contribution in [0.25, 0.3) is 0 Å². The topological polar surface area (TPSA) is 46.2 Å². The summed E-state index contributed by atoms with van der Waals surface area (Å²) in [4.78, 5) is 0. The molecule has 0 aromatic heterocycles. The van der Waals surface area contributed by atoms with Gasteiger partial charge < -0.3 is 17.7 Å². The van der Waals surface area contributed by atoms with E-state index in [0.717, 1.165) is 0 Å². The minimum Gasteiger partial charge on any atom is -1.00 e. The minimum atomic E-state index is -4.39. The summed E-state index contributed by atoms with van der Waals surface area (Å²) in [6.07, 6.45) is 0. The Bertz CT molecular complexity index is 394. The Morgan fingerprint density at radius 3 is 2.27 bits per heavy atom. The fourth-order valence-corrected chi connectivity index (χ4v) is 1.36. The van der Waals surface area contributed by atoms with E-state index in [9.17, 15) is 12.3 Å². The van der Waals surface area contributed by atoms with Crippen LogP contribution in [0.3, 0.4) is 0 Å². The molecular weight excluding hydrogens is 264 g/mol. The average molecular weight is 273 g/mol. The maximum absolute atomic E-state index is 12.1. The van der Waals surface area contributed by atoms with Gasteiger partial charge in [-0.3, -0.25) is 0 Å². The molecule has 1 aromatic rings. The first-order chi connectivity index (χ1) is 6.47. The zero-order chi connectivity index (χ0) is 10.6. The van der Waals surface area contributed by atoms with Crippen molar-refractivity contribution in [1.82, 2.24) is 0 Å². The molecule has 1 rings (SSSR count). The van der Waals surface area contributed by atoms with Crippen molar-refractivity contribution in [3.8, 4) is 0 Å². The smallest absolute Gasteiger partial charge is 0.304 e. The molecule has 15 heavy (non-hydrogen) atoms. The summed E-state index contributed by atoms with van der Waals surface area (Å²) in [6.45, 7) is 0.0421. The molecule has 0 aliphatic heterocycles. The monoisotopic (exact) mass is 272 g/mol. The van der Waals surface area contributed by atoms with Crippen LogP contribution < -0.4 is 17.7 Å². The molecule has 3 nitrogen and oxygen atoms in total. The van der Waals surface area contributed by atoms with Gasteiger partial charge in [0.25, 0.3) is 0 Å². The molecule has 1 N–H and O–H groups in total. The van der Waals surface area contributed by atoms with Crippen molar-refractivity contribution < 1.29 is 24.7 Å². The highest BCUT2D eigenvalue weighted by Crippen LogP contribution is 2.12. The van der Waals surface area contributed by atoms with Gasteiger partial charge >= 0.3 is 10.2 Å². The molecular formula is C8H9Cl2FNO2S-. The highest BCUT2D eigenvalue weighted by molar-refractivity contribution is 7.86. The van der Waals surface area contributed by atoms with Gasteiger partial charge in [-0.1, -0.05) is 11.6 Å². The van der Waals surface area contributed by atoms with Crippen LogP contribution in [-0.2, 0) is 10.2 Å². The molecule has 0 spiro atoms. The summed E-state index contributed by atoms with van der Waals surface area (Å²) in [6, 6.07) is 6.70. The van der Waals surface area contributed by atoms with Crippen LogP contribution in [0.5, 0.6) is 0 Å². The van der Waals surface area contributed by atoms with Crippen molar-refractivity contribution in [2.24, 2.45) is 0 Å². The Morgan fingerprint density at radius 2 is 1.80 bits per heavy atom. The van der Waals surface area contributed by atoms with E-state index in [-0.39, 0.29) is 19.0 Å². The third-order valence-electron chi connectivity index (χ3n) is 1.52. The Kier molecular flexibility index (Phi) is 5.93. The number of halogens is 3. The summed E-state index contributed by atoms with van der Waals surface area (Å²) in [7, 11) is -4.39. The molecule has 1 aromatic carbocycles. The number of benzene rings is 1. The molecule has 0 atom stereocenters. The molecule has 0 saturated heterocycles. The summed E-state index contributed by atoms with van der Waals surface area (Å²) in [5.74, 6) is -0.532. The zero-order valence-corrected chi connectivity index (χ0v) is 9.91. The van der Waals surface area contributed by atoms with Crippen LogP contribution in [0.1, 0.15) is 0 Å². The summed E-state index contributed by atoms with van der Waals surface area (Å²) in [5, 5.41) is 3.34. The van der Waals surface area contributed by atoms with Gasteiger partial charge in [-0.25, -0.2) is 0 Å². The molecule has 0 fully saturated rings. The molecule has 86 valence electrons. The normalized spacial score (nSPS) is 10.5. The van der Waals surface area contributed by atoms with Crippen molar-refractivity contribution in [3.05, 3.63) is 29.3 Å². The minimum absolute atomic E-state index is 0. The molecule has 0 heterocycles. The van der Waals surface area contributed by atoms with Crippen LogP contribution in [0.2, 0.25) is 5.02 Å². The Hall–Kier alpha value is -0.520. The standard InChI is InChI=1S/C8H9ClFNO2S.ClH/c9-7-1-3-8(4-2-7)11-5-6-14(10,12)13;/h1-4,11H,5-6H2;1H/p-1. The third kappa shape index (κ3) is 6.54. The first-order valence-electron chi connectivity index (χ1n) is 3.89. The number of anilines is 1. The van der Waals surface area contributed by atoms with Gasteiger partial charge in [0.2, 0.25) is 0 Å². The highest BCUT2D eigenvalue weighted by Gasteiger charge is 2.05. The van der Waals surface area contributed by atoms with Gasteiger partial charge in [0.15, 0.2) is 0 Å². The molecule has 0 saturated carbocycles. The molecule has 0 aliphatic rings. The highest BCUT2D eigenvalue weighted by atomic mass is 35.5. The van der Waals surface area contributed by atoms with E-state index in [2.05, 4.69) is 5.32 Å².